The van der Waals surface area contributed by atoms with E-state index in [4.69, 9.17) is 5.73 Å². The van der Waals surface area contributed by atoms with Crippen LogP contribution in [-0.4, -0.2) is 53.5 Å². The number of hydrogen-bond donors (Lipinski definition) is 3. The largest absolute Gasteiger partial charge is 0.340 e. The lowest BCUT2D eigenvalue weighted by Gasteiger charge is -2.44. The molecule has 2 aliphatic heterocycles. The van der Waals surface area contributed by atoms with E-state index in [1.54, 1.807) is 16.7 Å². The summed E-state index contributed by atoms with van der Waals surface area (Å²) in [6, 6.07) is 6.14. The molecule has 166 valence electrons. The van der Waals surface area contributed by atoms with Crippen molar-refractivity contribution in [2.45, 2.75) is 74.7 Å². The molecule has 0 bridgehead atoms. The van der Waals surface area contributed by atoms with Crippen molar-refractivity contribution in [1.29, 1.82) is 0 Å². The fourth-order valence-corrected chi connectivity index (χ4v) is 5.94. The predicted octanol–water partition coefficient (Wildman–Crippen LogP) is 1.85. The van der Waals surface area contributed by atoms with Gasteiger partial charge in [0, 0.05) is 4.75 Å². The summed E-state index contributed by atoms with van der Waals surface area (Å²) < 4.78 is -0.306. The van der Waals surface area contributed by atoms with Crippen molar-refractivity contribution in [3.63, 3.8) is 0 Å². The highest BCUT2D eigenvalue weighted by molar-refractivity contribution is 8.01. The van der Waals surface area contributed by atoms with Gasteiger partial charge < -0.3 is 16.0 Å². The average molecular weight is 444 g/mol. The number of aromatic nitrogens is 4. The van der Waals surface area contributed by atoms with Crippen molar-refractivity contribution >= 4 is 23.6 Å². The maximum atomic E-state index is 12.9. The lowest BCUT2D eigenvalue weighted by atomic mass is 9.95. The van der Waals surface area contributed by atoms with Gasteiger partial charge in [0.25, 0.3) is 0 Å². The summed E-state index contributed by atoms with van der Waals surface area (Å²) in [5.41, 5.74) is 8.18. The standard InChI is InChI=1S/C21H29N7O2S/c1-4-5-6-7-12-8-10-13(11-9-12)14(22)18(29)23-15-19(30)28-16(17-24-26-27-25-17)21(2,3)31-20(15)28/h8-11,14-16,20H,4-7,22H2,1-3H3,(H,23,29)(H,24,25,26,27)/t14-,15?,16?,20-/m1/s1. The number of carbonyl (C=O) groups excluding carboxylic acids is 2. The Morgan fingerprint density at radius 2 is 2.06 bits per heavy atom. The van der Waals surface area contributed by atoms with Crippen molar-refractivity contribution in [3.05, 3.63) is 41.2 Å². The van der Waals surface area contributed by atoms with Crippen LogP contribution >= 0.6 is 11.8 Å². The molecule has 2 unspecified atom stereocenters. The van der Waals surface area contributed by atoms with Gasteiger partial charge in [-0.3, -0.25) is 9.59 Å². The summed E-state index contributed by atoms with van der Waals surface area (Å²) in [5, 5.41) is 16.9. The number of fused-ring (bicyclic) bond motifs is 1. The topological polar surface area (TPSA) is 130 Å². The Labute approximate surface area is 185 Å². The highest BCUT2D eigenvalue weighted by Crippen LogP contribution is 2.56. The van der Waals surface area contributed by atoms with Crippen LogP contribution in [0.3, 0.4) is 0 Å². The number of hydrogen-bond acceptors (Lipinski definition) is 7. The lowest BCUT2D eigenvalue weighted by molar-refractivity contribution is -0.152. The van der Waals surface area contributed by atoms with Crippen molar-refractivity contribution in [3.8, 4) is 0 Å². The van der Waals surface area contributed by atoms with Crippen molar-refractivity contribution in [2.24, 2.45) is 5.73 Å². The van der Waals surface area contributed by atoms with Crippen LogP contribution in [0.15, 0.2) is 24.3 Å². The van der Waals surface area contributed by atoms with Crippen LogP contribution in [0.2, 0.25) is 0 Å². The first-order chi connectivity index (χ1) is 14.8. The van der Waals surface area contributed by atoms with Gasteiger partial charge in [0.05, 0.1) is 0 Å². The lowest BCUT2D eigenvalue weighted by Crippen LogP contribution is -2.68. The van der Waals surface area contributed by atoms with Gasteiger partial charge in [-0.25, -0.2) is 0 Å². The molecule has 0 saturated carbocycles. The Bertz CT molecular complexity index is 932. The SMILES string of the molecule is CCCCCc1ccc([C@@H](N)C(=O)NC2C(=O)N3C(c4nn[nH]n4)C(C)(C)S[C@H]23)cc1. The number of nitrogens with two attached hydrogens (primary N) is 1. The van der Waals surface area contributed by atoms with Crippen molar-refractivity contribution in [1.82, 2.24) is 30.8 Å². The van der Waals surface area contributed by atoms with Crippen LogP contribution in [0.25, 0.3) is 0 Å². The molecule has 2 saturated heterocycles. The number of aryl methyl sites for hydroxylation is 1. The minimum atomic E-state index is -0.820. The molecule has 3 heterocycles. The number of nitrogens with one attached hydrogen (secondary N) is 2. The zero-order valence-electron chi connectivity index (χ0n) is 18.0. The molecule has 0 spiro atoms. The number of carbonyl (C=O) groups is 2. The van der Waals surface area contributed by atoms with Gasteiger partial charge in [0.2, 0.25) is 11.8 Å². The van der Waals surface area contributed by atoms with E-state index < -0.39 is 12.1 Å². The van der Waals surface area contributed by atoms with E-state index in [-0.39, 0.29) is 28.0 Å². The summed E-state index contributed by atoms with van der Waals surface area (Å²) in [7, 11) is 0. The maximum absolute atomic E-state index is 12.9. The number of thioether (sulfide) groups is 1. The number of rotatable bonds is 8. The Morgan fingerprint density at radius 3 is 2.71 bits per heavy atom. The zero-order valence-corrected chi connectivity index (χ0v) is 18.9. The second-order valence-corrected chi connectivity index (χ2v) is 10.5. The first kappa shape index (κ1) is 21.8. The molecular weight excluding hydrogens is 414 g/mol. The molecule has 0 radical (unpaired) electrons. The van der Waals surface area contributed by atoms with Gasteiger partial charge in [0.1, 0.15) is 23.5 Å². The van der Waals surface area contributed by atoms with Crippen LogP contribution in [0.5, 0.6) is 0 Å². The van der Waals surface area contributed by atoms with E-state index in [1.165, 1.54) is 18.4 Å². The van der Waals surface area contributed by atoms with E-state index in [0.29, 0.717) is 5.82 Å². The van der Waals surface area contributed by atoms with Gasteiger partial charge >= 0.3 is 0 Å². The highest BCUT2D eigenvalue weighted by atomic mass is 32.2. The number of benzene rings is 1. The first-order valence-corrected chi connectivity index (χ1v) is 11.6. The third-order valence-electron chi connectivity index (χ3n) is 6.04. The Hall–Kier alpha value is -2.46. The molecule has 1 aromatic heterocycles. The first-order valence-electron chi connectivity index (χ1n) is 10.7. The minimum Gasteiger partial charge on any atom is -0.340 e. The van der Waals surface area contributed by atoms with Gasteiger partial charge in [0.15, 0.2) is 5.82 Å². The molecule has 31 heavy (non-hydrogen) atoms. The van der Waals surface area contributed by atoms with E-state index in [0.717, 1.165) is 18.4 Å². The number of unbranched alkanes of at least 4 members (excludes halogenated alkanes) is 2. The summed E-state index contributed by atoms with van der Waals surface area (Å²) >= 11 is 1.62. The maximum Gasteiger partial charge on any atom is 0.249 e. The quantitative estimate of drug-likeness (QED) is 0.419. The second kappa shape index (κ2) is 8.58. The normalized spacial score (nSPS) is 25.1. The van der Waals surface area contributed by atoms with E-state index in [1.807, 2.05) is 38.1 Å². The Morgan fingerprint density at radius 1 is 1.32 bits per heavy atom. The predicted molar refractivity (Wildman–Crippen MR) is 118 cm³/mol. The van der Waals surface area contributed by atoms with Crippen LogP contribution in [0.4, 0.5) is 0 Å². The third kappa shape index (κ3) is 4.06. The molecule has 2 amide bonds. The minimum absolute atomic E-state index is 0.148. The summed E-state index contributed by atoms with van der Waals surface area (Å²) in [5.74, 6) is -0.0169. The molecular formula is C21H29N7O2S. The molecule has 9 nitrogen and oxygen atoms in total. The summed E-state index contributed by atoms with van der Waals surface area (Å²) in [6.07, 6.45) is 4.58. The molecule has 0 aliphatic carbocycles. The molecule has 1 aromatic carbocycles. The van der Waals surface area contributed by atoms with Crippen LogP contribution in [0, 0.1) is 0 Å². The molecule has 4 rings (SSSR count). The van der Waals surface area contributed by atoms with E-state index in [9.17, 15) is 9.59 Å². The smallest absolute Gasteiger partial charge is 0.249 e. The van der Waals surface area contributed by atoms with Crippen LogP contribution in [0.1, 0.15) is 69.1 Å². The third-order valence-corrected chi connectivity index (χ3v) is 7.61. The Balaban J connectivity index is 1.39. The monoisotopic (exact) mass is 443 g/mol. The average Bonchev–Trinajstić information content (AvgIpc) is 3.36. The number of nitrogens with zero attached hydrogens (tertiary/aromatic N) is 4. The van der Waals surface area contributed by atoms with Crippen LogP contribution in [-0.2, 0) is 16.0 Å². The van der Waals surface area contributed by atoms with Crippen LogP contribution < -0.4 is 11.1 Å². The number of H-pyrrole nitrogens is 1. The molecule has 10 heteroatoms. The van der Waals surface area contributed by atoms with Crippen molar-refractivity contribution < 1.29 is 9.59 Å². The summed E-state index contributed by atoms with van der Waals surface area (Å²) in [6.45, 7) is 6.26. The summed E-state index contributed by atoms with van der Waals surface area (Å²) in [4.78, 5) is 27.4. The molecule has 4 atom stereocenters. The Kier molecular flexibility index (Phi) is 6.02. The number of tetrazole rings is 1. The second-order valence-electron chi connectivity index (χ2n) is 8.69. The van der Waals surface area contributed by atoms with Gasteiger partial charge in [-0.2, -0.15) is 5.21 Å². The van der Waals surface area contributed by atoms with E-state index >= 15 is 0 Å². The fraction of sp³-hybridized carbons (Fsp3) is 0.571. The molecule has 2 fully saturated rings. The fourth-order valence-electron chi connectivity index (χ4n) is 4.31. The van der Waals surface area contributed by atoms with Gasteiger partial charge in [-0.15, -0.1) is 22.0 Å². The van der Waals surface area contributed by atoms with Crippen molar-refractivity contribution in [2.75, 3.05) is 0 Å². The molecule has 2 aromatic rings. The van der Waals surface area contributed by atoms with Gasteiger partial charge in [-0.1, -0.05) is 49.2 Å². The highest BCUT2D eigenvalue weighted by Gasteiger charge is 2.63. The zero-order chi connectivity index (χ0) is 22.2. The van der Waals surface area contributed by atoms with Gasteiger partial charge in [-0.05, 0) is 37.8 Å². The van der Waals surface area contributed by atoms with E-state index in [2.05, 4.69) is 32.9 Å². The number of aromatic amines is 1. The number of β-lactam (4-membered cyclic amide) rings is 1. The number of amides is 2. The molecule has 4 N–H and O–H groups in total. The molecule has 2 aliphatic rings.